The monoisotopic (exact) mass is 430 g/mol. The molecule has 0 saturated heterocycles. The van der Waals surface area contributed by atoms with E-state index in [-0.39, 0.29) is 51.0 Å². The summed E-state index contributed by atoms with van der Waals surface area (Å²) in [7, 11) is 0. The molecule has 0 heterocycles. The Hall–Kier alpha value is 0.423. The third-order valence-electron chi connectivity index (χ3n) is 3.65. The summed E-state index contributed by atoms with van der Waals surface area (Å²) in [5.74, 6) is 1.56. The van der Waals surface area contributed by atoms with Gasteiger partial charge >= 0.3 is 26.2 Å². The Kier molecular flexibility index (Phi) is 18.1. The first kappa shape index (κ1) is 28.2. The molecule has 0 aromatic carbocycles. The van der Waals surface area contributed by atoms with E-state index in [9.17, 15) is 0 Å². The maximum absolute atomic E-state index is 3.30. The molecule has 0 radical (unpaired) electrons. The second kappa shape index (κ2) is 14.7. The van der Waals surface area contributed by atoms with E-state index in [0.717, 1.165) is 24.7 Å². The maximum Gasteiger partial charge on any atom is 4.00 e. The average Bonchev–Trinajstić information content (AvgIpc) is 2.90. The molecule has 0 aliphatic heterocycles. The fourth-order valence-corrected chi connectivity index (χ4v) is 2.54. The Labute approximate surface area is 175 Å². The first-order chi connectivity index (χ1) is 9.40. The van der Waals surface area contributed by atoms with Crippen LogP contribution in [0.4, 0.5) is 0 Å². The molecule has 0 N–H and O–H groups in total. The molecule has 0 bridgehead atoms. The zero-order chi connectivity index (χ0) is 15.1. The second-order valence-electron chi connectivity index (χ2n) is 6.67. The van der Waals surface area contributed by atoms with Crippen LogP contribution in [0.1, 0.15) is 67.2 Å². The molecule has 0 atom stereocenters. The largest absolute Gasteiger partial charge is 4.00 e. The summed E-state index contributed by atoms with van der Waals surface area (Å²) in [5.41, 5.74) is 5.76. The number of halogens is 2. The molecule has 0 nitrogen and oxygen atoms in total. The Bertz CT molecular complexity index is 399. The molecule has 2 aliphatic rings. The molecule has 3 heteroatoms. The maximum atomic E-state index is 3.30. The van der Waals surface area contributed by atoms with Crippen molar-refractivity contribution in [2.75, 3.05) is 0 Å². The topological polar surface area (TPSA) is 0 Å². The van der Waals surface area contributed by atoms with Crippen molar-refractivity contribution in [3.63, 3.8) is 0 Å². The SMILES string of the molecule is CC1=[C-]CC=C1CC(C)C.CC1=[C-]CC=C1CC(C)C.[Cl-].[Cl-].[Zr+4]. The molecule has 0 amide bonds. The van der Waals surface area contributed by atoms with Crippen molar-refractivity contribution in [1.82, 2.24) is 0 Å². The molecule has 0 aromatic rings. The normalized spacial score (nSPS) is 15.3. The minimum Gasteiger partial charge on any atom is -1.00 e. The molecule has 0 fully saturated rings. The van der Waals surface area contributed by atoms with Gasteiger partial charge in [0.15, 0.2) is 0 Å². The van der Waals surface area contributed by atoms with E-state index in [1.807, 2.05) is 0 Å². The molecule has 2 aliphatic carbocycles. The van der Waals surface area contributed by atoms with Crippen LogP contribution in [0.15, 0.2) is 34.4 Å². The Balaban J connectivity index is -0.000000308. The van der Waals surface area contributed by atoms with Gasteiger partial charge in [-0.2, -0.15) is 23.3 Å². The quantitative estimate of drug-likeness (QED) is 0.558. The van der Waals surface area contributed by atoms with Crippen LogP contribution in [0, 0.1) is 24.0 Å². The predicted octanol–water partition coefficient (Wildman–Crippen LogP) is 0.230. The van der Waals surface area contributed by atoms with Crippen molar-refractivity contribution in [1.29, 1.82) is 0 Å². The summed E-state index contributed by atoms with van der Waals surface area (Å²) in [6.45, 7) is 13.3. The minimum atomic E-state index is 0. The van der Waals surface area contributed by atoms with E-state index in [0.29, 0.717) is 0 Å². The van der Waals surface area contributed by atoms with Crippen LogP contribution < -0.4 is 24.8 Å². The summed E-state index contributed by atoms with van der Waals surface area (Å²) < 4.78 is 0. The fraction of sp³-hybridized carbons (Fsp3) is 0.600. The smallest absolute Gasteiger partial charge is 1.00 e. The summed E-state index contributed by atoms with van der Waals surface area (Å²) in [6.07, 6.45) is 15.7. The number of hydrogen-bond donors (Lipinski definition) is 0. The Morgan fingerprint density at radius 1 is 0.783 bits per heavy atom. The Morgan fingerprint density at radius 2 is 1.09 bits per heavy atom. The summed E-state index contributed by atoms with van der Waals surface area (Å²) in [4.78, 5) is 0. The van der Waals surface area contributed by atoms with Gasteiger partial charge in [0.2, 0.25) is 0 Å². The third kappa shape index (κ3) is 11.6. The van der Waals surface area contributed by atoms with Gasteiger partial charge in [0.1, 0.15) is 0 Å². The fourth-order valence-electron chi connectivity index (χ4n) is 2.54. The number of allylic oxidation sites excluding steroid dienone is 8. The Morgan fingerprint density at radius 3 is 1.26 bits per heavy atom. The van der Waals surface area contributed by atoms with Crippen LogP contribution in [0.25, 0.3) is 0 Å². The minimum absolute atomic E-state index is 0. The zero-order valence-electron chi connectivity index (χ0n) is 15.4. The summed E-state index contributed by atoms with van der Waals surface area (Å²) >= 11 is 0. The molecule has 0 aromatic heterocycles. The van der Waals surface area contributed by atoms with Crippen LogP contribution >= 0.6 is 0 Å². The van der Waals surface area contributed by atoms with Crippen molar-refractivity contribution in [2.24, 2.45) is 11.8 Å². The third-order valence-corrected chi connectivity index (χ3v) is 3.65. The first-order valence-corrected chi connectivity index (χ1v) is 7.93. The van der Waals surface area contributed by atoms with Gasteiger partial charge in [-0.3, -0.25) is 12.2 Å². The van der Waals surface area contributed by atoms with Gasteiger partial charge in [-0.05, 0) is 0 Å². The standard InChI is InChI=1S/2C10H15.2ClH.Zr/c2*1-8(2)7-10-6-4-5-9(10)3;;;/h2*6,8H,4,7H2,1-3H3;2*1H;/q2*-1;;;+4/p-2. The van der Waals surface area contributed by atoms with Gasteiger partial charge in [-0.15, -0.1) is 12.8 Å². The van der Waals surface area contributed by atoms with Crippen LogP contribution in [-0.4, -0.2) is 0 Å². The van der Waals surface area contributed by atoms with Crippen molar-refractivity contribution in [2.45, 2.75) is 67.2 Å². The second-order valence-corrected chi connectivity index (χ2v) is 6.67. The molecule has 2 rings (SSSR count). The molecule has 128 valence electrons. The van der Waals surface area contributed by atoms with Gasteiger partial charge in [-0.25, -0.2) is 11.1 Å². The van der Waals surface area contributed by atoms with Crippen LogP contribution in [0.5, 0.6) is 0 Å². The van der Waals surface area contributed by atoms with Crippen LogP contribution in [-0.2, 0) is 26.2 Å². The van der Waals surface area contributed by atoms with E-state index in [1.54, 1.807) is 0 Å². The molecule has 0 saturated carbocycles. The first-order valence-electron chi connectivity index (χ1n) is 7.93. The van der Waals surface area contributed by atoms with Crippen LogP contribution in [0.3, 0.4) is 0 Å². The number of rotatable bonds is 4. The van der Waals surface area contributed by atoms with Crippen molar-refractivity contribution in [3.8, 4) is 0 Å². The molecular formula is C20H30Cl2Zr. The van der Waals surface area contributed by atoms with E-state index in [4.69, 9.17) is 0 Å². The van der Waals surface area contributed by atoms with Crippen molar-refractivity contribution < 1.29 is 51.0 Å². The summed E-state index contributed by atoms with van der Waals surface area (Å²) in [5, 5.41) is 0. The van der Waals surface area contributed by atoms with E-state index < -0.39 is 0 Å². The van der Waals surface area contributed by atoms with Crippen molar-refractivity contribution in [3.05, 3.63) is 46.6 Å². The van der Waals surface area contributed by atoms with E-state index in [1.165, 1.54) is 35.1 Å². The predicted molar refractivity (Wildman–Crippen MR) is 89.2 cm³/mol. The molecule has 0 spiro atoms. The van der Waals surface area contributed by atoms with Gasteiger partial charge in [0, 0.05) is 0 Å². The zero-order valence-corrected chi connectivity index (χ0v) is 19.4. The molecule has 23 heavy (non-hydrogen) atoms. The van der Waals surface area contributed by atoms with Gasteiger partial charge in [0.25, 0.3) is 0 Å². The van der Waals surface area contributed by atoms with Crippen LogP contribution in [0.2, 0.25) is 0 Å². The van der Waals surface area contributed by atoms with E-state index >= 15 is 0 Å². The summed E-state index contributed by atoms with van der Waals surface area (Å²) in [6, 6.07) is 0. The van der Waals surface area contributed by atoms with Crippen molar-refractivity contribution >= 4 is 0 Å². The van der Waals surface area contributed by atoms with Gasteiger partial charge < -0.3 is 24.8 Å². The average molecular weight is 433 g/mol. The van der Waals surface area contributed by atoms with Gasteiger partial charge in [-0.1, -0.05) is 66.2 Å². The molecular weight excluding hydrogens is 402 g/mol. The van der Waals surface area contributed by atoms with Gasteiger partial charge in [0.05, 0.1) is 0 Å². The molecule has 0 unspecified atom stereocenters. The number of hydrogen-bond acceptors (Lipinski definition) is 0. The van der Waals surface area contributed by atoms with E-state index in [2.05, 4.69) is 65.8 Å².